The van der Waals surface area contributed by atoms with Gasteiger partial charge in [-0.1, -0.05) is 18.6 Å². The molecule has 2 amide bonds. The molecule has 3 N–H and O–H groups in total. The molecule has 0 spiro atoms. The fraction of sp³-hybridized carbons (Fsp3) is 0.789. The van der Waals surface area contributed by atoms with Crippen molar-refractivity contribution >= 4 is 11.8 Å². The molecule has 8 heteroatoms. The van der Waals surface area contributed by atoms with Crippen molar-refractivity contribution in [3.05, 3.63) is 12.2 Å². The number of hydrogen-bond acceptors (Lipinski definition) is 6. The minimum Gasteiger partial charge on any atom is -0.394 e. The zero-order chi connectivity index (χ0) is 19.6. The van der Waals surface area contributed by atoms with Gasteiger partial charge in [-0.25, -0.2) is 0 Å². The third-order valence-electron chi connectivity index (χ3n) is 4.84. The summed E-state index contributed by atoms with van der Waals surface area (Å²) in [4.78, 5) is 28.2. The Balaban J connectivity index is 1.72. The summed E-state index contributed by atoms with van der Waals surface area (Å²) < 4.78 is 5.78. The van der Waals surface area contributed by atoms with Crippen LogP contribution in [0.5, 0.6) is 0 Å². The minimum absolute atomic E-state index is 0.0616. The molecular weight excluding hydrogens is 348 g/mol. The van der Waals surface area contributed by atoms with Crippen molar-refractivity contribution in [2.75, 3.05) is 53.4 Å². The molecule has 3 atom stereocenters. The quantitative estimate of drug-likeness (QED) is 0.459. The van der Waals surface area contributed by atoms with Crippen LogP contribution in [0.1, 0.15) is 25.7 Å². The predicted molar refractivity (Wildman–Crippen MR) is 103 cm³/mol. The van der Waals surface area contributed by atoms with Crippen LogP contribution in [0.4, 0.5) is 0 Å². The lowest BCUT2D eigenvalue weighted by Gasteiger charge is -2.32. The van der Waals surface area contributed by atoms with Gasteiger partial charge in [0.25, 0.3) is 0 Å². The molecule has 0 aromatic rings. The summed E-state index contributed by atoms with van der Waals surface area (Å²) in [6.45, 7) is 3.80. The van der Waals surface area contributed by atoms with E-state index in [1.165, 1.54) is 19.3 Å². The van der Waals surface area contributed by atoms with Crippen LogP contribution in [-0.2, 0) is 14.3 Å². The number of nitrogens with zero attached hydrogens (tertiary/aromatic N) is 2. The highest BCUT2D eigenvalue weighted by atomic mass is 16.5. The molecular formula is C19H34N4O4. The molecule has 8 nitrogen and oxygen atoms in total. The van der Waals surface area contributed by atoms with Crippen LogP contribution >= 0.6 is 0 Å². The number of aliphatic hydroxyl groups is 1. The fourth-order valence-electron chi connectivity index (χ4n) is 3.45. The van der Waals surface area contributed by atoms with Crippen LogP contribution in [0.25, 0.3) is 0 Å². The van der Waals surface area contributed by atoms with Crippen molar-refractivity contribution < 1.29 is 19.4 Å². The first-order chi connectivity index (χ1) is 13.0. The van der Waals surface area contributed by atoms with Crippen LogP contribution in [0.3, 0.4) is 0 Å². The average molecular weight is 383 g/mol. The lowest BCUT2D eigenvalue weighted by molar-refractivity contribution is -0.128. The number of aliphatic hydroxyl groups excluding tert-OH is 1. The minimum atomic E-state index is -0.549. The Kier molecular flexibility index (Phi) is 9.20. The molecule has 154 valence electrons. The van der Waals surface area contributed by atoms with Crippen molar-refractivity contribution in [2.45, 2.75) is 43.9 Å². The first kappa shape index (κ1) is 21.8. The van der Waals surface area contributed by atoms with Crippen molar-refractivity contribution in [2.24, 2.45) is 0 Å². The normalized spacial score (nSPS) is 26.1. The molecule has 1 fully saturated rings. The summed E-state index contributed by atoms with van der Waals surface area (Å²) in [5.41, 5.74) is 0. The van der Waals surface area contributed by atoms with E-state index in [2.05, 4.69) is 15.5 Å². The number of hydrogen-bond donors (Lipinski definition) is 3. The standard InChI is InChI=1S/C19H34N4O4/c1-22(2)13-19(26)21-16-7-6-15(27-17(16)14-24)12-18(25)20-8-11-23-9-4-3-5-10-23/h6-7,15-17,24H,3-5,8-14H2,1-2H3,(H,20,25)(H,21,26)/t15-,16-,17+/m0/s1. The number of ether oxygens (including phenoxy) is 1. The number of carbonyl (C=O) groups is 2. The highest BCUT2D eigenvalue weighted by Gasteiger charge is 2.29. The molecule has 0 aromatic heterocycles. The summed E-state index contributed by atoms with van der Waals surface area (Å²) in [6.07, 6.45) is 6.65. The molecule has 0 aromatic carbocycles. The van der Waals surface area contributed by atoms with E-state index in [4.69, 9.17) is 4.74 Å². The van der Waals surface area contributed by atoms with Gasteiger partial charge in [0, 0.05) is 13.1 Å². The molecule has 2 aliphatic heterocycles. The van der Waals surface area contributed by atoms with E-state index in [-0.39, 0.29) is 43.5 Å². The second-order valence-corrected chi connectivity index (χ2v) is 7.57. The molecule has 0 radical (unpaired) electrons. The average Bonchev–Trinajstić information content (AvgIpc) is 2.63. The highest BCUT2D eigenvalue weighted by Crippen LogP contribution is 2.15. The van der Waals surface area contributed by atoms with Crippen molar-refractivity contribution in [1.82, 2.24) is 20.4 Å². The zero-order valence-corrected chi connectivity index (χ0v) is 16.5. The van der Waals surface area contributed by atoms with E-state index >= 15 is 0 Å². The molecule has 2 rings (SSSR count). The van der Waals surface area contributed by atoms with Crippen molar-refractivity contribution in [3.8, 4) is 0 Å². The van der Waals surface area contributed by atoms with E-state index < -0.39 is 6.10 Å². The molecule has 0 aliphatic carbocycles. The van der Waals surface area contributed by atoms with Gasteiger partial charge in [-0.05, 0) is 40.0 Å². The van der Waals surface area contributed by atoms with Gasteiger partial charge in [0.15, 0.2) is 0 Å². The van der Waals surface area contributed by atoms with Crippen LogP contribution < -0.4 is 10.6 Å². The Morgan fingerprint density at radius 2 is 1.93 bits per heavy atom. The second-order valence-electron chi connectivity index (χ2n) is 7.57. The maximum absolute atomic E-state index is 12.1. The van der Waals surface area contributed by atoms with Gasteiger partial charge in [-0.2, -0.15) is 0 Å². The Labute approximate surface area is 161 Å². The van der Waals surface area contributed by atoms with Crippen molar-refractivity contribution in [1.29, 1.82) is 0 Å². The summed E-state index contributed by atoms with van der Waals surface area (Å²) >= 11 is 0. The maximum Gasteiger partial charge on any atom is 0.234 e. The monoisotopic (exact) mass is 382 g/mol. The van der Waals surface area contributed by atoms with Gasteiger partial charge in [0.2, 0.25) is 11.8 Å². The second kappa shape index (κ2) is 11.4. The van der Waals surface area contributed by atoms with Gasteiger partial charge < -0.3 is 30.3 Å². The molecule has 1 saturated heterocycles. The number of likely N-dealkylation sites (tertiary alicyclic amines) is 1. The van der Waals surface area contributed by atoms with Gasteiger partial charge in [-0.3, -0.25) is 9.59 Å². The van der Waals surface area contributed by atoms with Crippen LogP contribution in [-0.4, -0.2) is 98.4 Å². The first-order valence-electron chi connectivity index (χ1n) is 9.85. The topological polar surface area (TPSA) is 94.1 Å². The molecule has 2 aliphatic rings. The lowest BCUT2D eigenvalue weighted by atomic mass is 10.0. The van der Waals surface area contributed by atoms with Crippen LogP contribution in [0.15, 0.2) is 12.2 Å². The number of piperidine rings is 1. The Morgan fingerprint density at radius 3 is 2.59 bits per heavy atom. The summed E-state index contributed by atoms with van der Waals surface area (Å²) in [6, 6.07) is -0.388. The number of amides is 2. The highest BCUT2D eigenvalue weighted by molar-refractivity contribution is 5.78. The molecule has 0 bridgehead atoms. The third-order valence-corrected chi connectivity index (χ3v) is 4.84. The Hall–Kier alpha value is -1.48. The Morgan fingerprint density at radius 1 is 1.19 bits per heavy atom. The summed E-state index contributed by atoms with van der Waals surface area (Å²) in [5.74, 6) is -0.195. The summed E-state index contributed by atoms with van der Waals surface area (Å²) in [5, 5.41) is 15.3. The number of likely N-dealkylation sites (N-methyl/N-ethyl adjacent to an activating group) is 1. The fourth-order valence-corrected chi connectivity index (χ4v) is 3.45. The van der Waals surface area contributed by atoms with E-state index in [1.54, 1.807) is 11.0 Å². The number of carbonyl (C=O) groups excluding carboxylic acids is 2. The van der Waals surface area contributed by atoms with E-state index in [0.29, 0.717) is 6.54 Å². The van der Waals surface area contributed by atoms with E-state index in [1.807, 2.05) is 20.2 Å². The van der Waals surface area contributed by atoms with E-state index in [9.17, 15) is 14.7 Å². The number of rotatable bonds is 9. The largest absolute Gasteiger partial charge is 0.394 e. The number of nitrogens with one attached hydrogen (secondary N) is 2. The lowest BCUT2D eigenvalue weighted by Crippen LogP contribution is -2.50. The third kappa shape index (κ3) is 7.96. The molecule has 0 saturated carbocycles. The van der Waals surface area contributed by atoms with Gasteiger partial charge in [0.05, 0.1) is 31.7 Å². The van der Waals surface area contributed by atoms with Crippen molar-refractivity contribution in [3.63, 3.8) is 0 Å². The van der Waals surface area contributed by atoms with E-state index in [0.717, 1.165) is 19.6 Å². The molecule has 0 unspecified atom stereocenters. The van der Waals surface area contributed by atoms with Gasteiger partial charge in [0.1, 0.15) is 6.10 Å². The van der Waals surface area contributed by atoms with Gasteiger partial charge >= 0.3 is 0 Å². The smallest absolute Gasteiger partial charge is 0.234 e. The SMILES string of the molecule is CN(C)CC(=O)N[C@H]1C=C[C@@H](CC(=O)NCCN2CCCCC2)O[C@@H]1CO. The first-order valence-corrected chi connectivity index (χ1v) is 9.85. The maximum atomic E-state index is 12.1. The molecule has 2 heterocycles. The van der Waals surface area contributed by atoms with Crippen LogP contribution in [0, 0.1) is 0 Å². The van der Waals surface area contributed by atoms with Gasteiger partial charge in [-0.15, -0.1) is 0 Å². The van der Waals surface area contributed by atoms with Crippen LogP contribution in [0.2, 0.25) is 0 Å². The predicted octanol–water partition coefficient (Wildman–Crippen LogP) is -0.659. The zero-order valence-electron chi connectivity index (χ0n) is 16.5. The summed E-state index contributed by atoms with van der Waals surface area (Å²) in [7, 11) is 3.63. The molecule has 27 heavy (non-hydrogen) atoms. The Bertz CT molecular complexity index is 506.